The normalized spacial score (nSPS) is 10.2. The minimum atomic E-state index is -0.0320. The molecule has 19 heavy (non-hydrogen) atoms. The summed E-state index contributed by atoms with van der Waals surface area (Å²) in [5.41, 5.74) is 0. The third kappa shape index (κ3) is 5.36. The van der Waals surface area contributed by atoms with Crippen LogP contribution in [0.5, 0.6) is 12.0 Å². The van der Waals surface area contributed by atoms with Gasteiger partial charge in [0, 0.05) is 19.0 Å². The van der Waals surface area contributed by atoms with Crippen molar-refractivity contribution in [1.82, 2.24) is 20.3 Å². The molecule has 1 rings (SSSR count). The molecule has 0 unspecified atom stereocenters. The summed E-state index contributed by atoms with van der Waals surface area (Å²) in [6.45, 7) is 4.23. The summed E-state index contributed by atoms with van der Waals surface area (Å²) < 4.78 is 9.83. The topological polar surface area (TPSA) is 98.3 Å². The fraction of sp³-hybridized carbons (Fsp3) is 0.636. The lowest BCUT2D eigenvalue weighted by atomic mass is 10.3. The lowest BCUT2D eigenvalue weighted by Gasteiger charge is -2.09. The van der Waals surface area contributed by atoms with E-state index in [1.165, 1.54) is 14.2 Å². The van der Waals surface area contributed by atoms with Crippen molar-refractivity contribution in [3.63, 3.8) is 0 Å². The SMILES string of the molecule is COc1nc(NCCC(=O)NC(C)C)nc(OC)n1. The van der Waals surface area contributed by atoms with Crippen LogP contribution in [0, 0.1) is 0 Å². The minimum absolute atomic E-state index is 0.0320. The van der Waals surface area contributed by atoms with E-state index in [-0.39, 0.29) is 24.0 Å². The van der Waals surface area contributed by atoms with Crippen LogP contribution in [0.3, 0.4) is 0 Å². The molecule has 0 aliphatic rings. The molecule has 2 N–H and O–H groups in total. The van der Waals surface area contributed by atoms with E-state index in [2.05, 4.69) is 25.6 Å². The van der Waals surface area contributed by atoms with Gasteiger partial charge in [-0.1, -0.05) is 0 Å². The Morgan fingerprint density at radius 3 is 2.21 bits per heavy atom. The fourth-order valence-corrected chi connectivity index (χ4v) is 1.28. The molecule has 1 aromatic heterocycles. The van der Waals surface area contributed by atoms with Crippen LogP contribution in [0.1, 0.15) is 20.3 Å². The van der Waals surface area contributed by atoms with Crippen LogP contribution in [0.4, 0.5) is 5.95 Å². The molecule has 8 heteroatoms. The van der Waals surface area contributed by atoms with Crippen LogP contribution in [0.2, 0.25) is 0 Å². The number of anilines is 1. The predicted molar refractivity (Wildman–Crippen MR) is 69.3 cm³/mol. The van der Waals surface area contributed by atoms with Gasteiger partial charge in [0.05, 0.1) is 14.2 Å². The van der Waals surface area contributed by atoms with E-state index in [0.717, 1.165) is 0 Å². The van der Waals surface area contributed by atoms with E-state index in [1.807, 2.05) is 13.8 Å². The number of nitrogens with zero attached hydrogens (tertiary/aromatic N) is 3. The molecule has 8 nitrogen and oxygen atoms in total. The molecule has 0 radical (unpaired) electrons. The Morgan fingerprint density at radius 2 is 1.74 bits per heavy atom. The maximum absolute atomic E-state index is 11.4. The highest BCUT2D eigenvalue weighted by atomic mass is 16.5. The highest BCUT2D eigenvalue weighted by Gasteiger charge is 2.08. The predicted octanol–water partition coefficient (Wildman–Crippen LogP) is 0.215. The van der Waals surface area contributed by atoms with E-state index in [4.69, 9.17) is 9.47 Å². The lowest BCUT2D eigenvalue weighted by molar-refractivity contribution is -0.121. The van der Waals surface area contributed by atoms with Gasteiger partial charge < -0.3 is 20.1 Å². The number of rotatable bonds is 7. The average Bonchev–Trinajstić information content (AvgIpc) is 2.37. The summed E-state index contributed by atoms with van der Waals surface area (Å²) in [5, 5.41) is 5.71. The summed E-state index contributed by atoms with van der Waals surface area (Å²) in [5.74, 6) is 0.275. The average molecular weight is 269 g/mol. The van der Waals surface area contributed by atoms with Crippen LogP contribution in [-0.2, 0) is 4.79 Å². The van der Waals surface area contributed by atoms with Gasteiger partial charge in [-0.3, -0.25) is 4.79 Å². The zero-order valence-electron chi connectivity index (χ0n) is 11.6. The minimum Gasteiger partial charge on any atom is -0.467 e. The molecule has 1 aromatic rings. The summed E-state index contributed by atoms with van der Waals surface area (Å²) in [4.78, 5) is 23.3. The van der Waals surface area contributed by atoms with Crippen molar-refractivity contribution in [1.29, 1.82) is 0 Å². The second-order valence-electron chi connectivity index (χ2n) is 4.03. The summed E-state index contributed by atoms with van der Waals surface area (Å²) in [6, 6.07) is 0.437. The van der Waals surface area contributed by atoms with Crippen molar-refractivity contribution in [2.45, 2.75) is 26.3 Å². The van der Waals surface area contributed by atoms with Gasteiger partial charge in [-0.25, -0.2) is 0 Å². The van der Waals surface area contributed by atoms with Crippen molar-refractivity contribution in [2.24, 2.45) is 0 Å². The number of amides is 1. The number of ether oxygens (including phenoxy) is 2. The molecule has 0 aromatic carbocycles. The van der Waals surface area contributed by atoms with Gasteiger partial charge in [0.25, 0.3) is 0 Å². The monoisotopic (exact) mass is 269 g/mol. The number of hydrogen-bond acceptors (Lipinski definition) is 7. The number of carbonyl (C=O) groups excluding carboxylic acids is 1. The highest BCUT2D eigenvalue weighted by molar-refractivity contribution is 5.76. The Balaban J connectivity index is 2.50. The van der Waals surface area contributed by atoms with Gasteiger partial charge in [-0.2, -0.15) is 9.97 Å². The second kappa shape index (κ2) is 7.34. The molecule has 0 saturated heterocycles. The molecule has 0 saturated carbocycles. The molecule has 1 amide bonds. The van der Waals surface area contributed by atoms with Crippen molar-refractivity contribution in [3.8, 4) is 12.0 Å². The molecule has 0 fully saturated rings. The van der Waals surface area contributed by atoms with Crippen LogP contribution < -0.4 is 20.1 Å². The maximum atomic E-state index is 11.4. The van der Waals surface area contributed by atoms with Gasteiger partial charge in [0.15, 0.2) is 0 Å². The summed E-state index contributed by atoms with van der Waals surface area (Å²) >= 11 is 0. The molecule has 106 valence electrons. The first kappa shape index (κ1) is 14.9. The van der Waals surface area contributed by atoms with Crippen LogP contribution in [-0.4, -0.2) is 47.7 Å². The molecule has 0 aliphatic heterocycles. The Hall–Kier alpha value is -2.12. The van der Waals surface area contributed by atoms with Gasteiger partial charge in [-0.05, 0) is 13.8 Å². The van der Waals surface area contributed by atoms with E-state index in [1.54, 1.807) is 0 Å². The molecule has 0 aliphatic carbocycles. The zero-order chi connectivity index (χ0) is 14.3. The van der Waals surface area contributed by atoms with Crippen LogP contribution in [0.25, 0.3) is 0 Å². The number of methoxy groups -OCH3 is 2. The van der Waals surface area contributed by atoms with E-state index < -0.39 is 0 Å². The largest absolute Gasteiger partial charge is 0.467 e. The van der Waals surface area contributed by atoms with Gasteiger partial charge in [-0.15, -0.1) is 4.98 Å². The Morgan fingerprint density at radius 1 is 1.16 bits per heavy atom. The molecule has 0 atom stereocenters. The number of hydrogen-bond donors (Lipinski definition) is 2. The summed E-state index contributed by atoms with van der Waals surface area (Å²) in [6.07, 6.45) is 0.328. The van der Waals surface area contributed by atoms with Crippen molar-refractivity contribution < 1.29 is 14.3 Å². The van der Waals surface area contributed by atoms with Crippen LogP contribution in [0.15, 0.2) is 0 Å². The first-order valence-electron chi connectivity index (χ1n) is 5.92. The lowest BCUT2D eigenvalue weighted by Crippen LogP contribution is -2.31. The Kier molecular flexibility index (Phi) is 5.77. The quantitative estimate of drug-likeness (QED) is 0.730. The fourth-order valence-electron chi connectivity index (χ4n) is 1.28. The number of nitrogens with one attached hydrogen (secondary N) is 2. The Labute approximate surface area is 111 Å². The van der Waals surface area contributed by atoms with Crippen molar-refractivity contribution in [3.05, 3.63) is 0 Å². The van der Waals surface area contributed by atoms with Gasteiger partial charge >= 0.3 is 12.0 Å². The molecule has 1 heterocycles. The van der Waals surface area contributed by atoms with Crippen molar-refractivity contribution in [2.75, 3.05) is 26.1 Å². The zero-order valence-corrected chi connectivity index (χ0v) is 11.6. The smallest absolute Gasteiger partial charge is 0.324 e. The van der Waals surface area contributed by atoms with E-state index in [0.29, 0.717) is 18.9 Å². The number of aromatic nitrogens is 3. The first-order valence-corrected chi connectivity index (χ1v) is 5.92. The van der Waals surface area contributed by atoms with Crippen LogP contribution >= 0.6 is 0 Å². The van der Waals surface area contributed by atoms with E-state index in [9.17, 15) is 4.79 Å². The van der Waals surface area contributed by atoms with E-state index >= 15 is 0 Å². The first-order chi connectivity index (χ1) is 9.05. The molecule has 0 bridgehead atoms. The molecular weight excluding hydrogens is 250 g/mol. The molecule has 0 spiro atoms. The Bertz CT molecular complexity index is 403. The van der Waals surface area contributed by atoms with Gasteiger partial charge in [0.1, 0.15) is 0 Å². The summed E-state index contributed by atoms with van der Waals surface area (Å²) in [7, 11) is 2.91. The third-order valence-electron chi connectivity index (χ3n) is 2.04. The molecular formula is C11H19N5O3. The van der Waals surface area contributed by atoms with Crippen molar-refractivity contribution >= 4 is 11.9 Å². The second-order valence-corrected chi connectivity index (χ2v) is 4.03. The third-order valence-corrected chi connectivity index (χ3v) is 2.04. The van der Waals surface area contributed by atoms with Gasteiger partial charge in [0.2, 0.25) is 11.9 Å². The highest BCUT2D eigenvalue weighted by Crippen LogP contribution is 2.11. The maximum Gasteiger partial charge on any atom is 0.324 e. The number of carbonyl (C=O) groups is 1. The standard InChI is InChI=1S/C11H19N5O3/c1-7(2)13-8(17)5-6-12-9-14-10(18-3)16-11(15-9)19-4/h7H,5-6H2,1-4H3,(H,13,17)(H,12,14,15,16).